The van der Waals surface area contributed by atoms with Gasteiger partial charge in [-0.05, 0) is 71.6 Å². The molecule has 0 aromatic heterocycles. The zero-order valence-corrected chi connectivity index (χ0v) is 22.4. The van der Waals surface area contributed by atoms with Crippen LogP contribution in [0.4, 0.5) is 16.2 Å². The zero-order valence-electron chi connectivity index (χ0n) is 21.5. The van der Waals surface area contributed by atoms with E-state index >= 15 is 0 Å². The van der Waals surface area contributed by atoms with Crippen molar-refractivity contribution < 1.29 is 23.9 Å². The highest BCUT2D eigenvalue weighted by Gasteiger charge is 2.36. The molecule has 1 aliphatic heterocycles. The molecule has 1 heterocycles. The number of nitrogens with zero attached hydrogens (tertiary/aromatic N) is 1. The van der Waals surface area contributed by atoms with Gasteiger partial charge in [-0.25, -0.2) is 0 Å². The molecule has 0 bridgehead atoms. The maximum atomic E-state index is 12.9. The Kier molecular flexibility index (Phi) is 7.93. The van der Waals surface area contributed by atoms with Crippen LogP contribution in [0, 0.1) is 6.92 Å². The molecule has 0 unspecified atom stereocenters. The topological polar surface area (TPSA) is 105 Å². The van der Waals surface area contributed by atoms with Crippen molar-refractivity contribution in [3.8, 4) is 5.75 Å². The van der Waals surface area contributed by atoms with E-state index in [0.717, 1.165) is 33.0 Å². The number of thioether (sulfide) groups is 1. The molecule has 1 saturated heterocycles. The largest absolute Gasteiger partial charge is 0.484 e. The lowest BCUT2D eigenvalue weighted by Crippen LogP contribution is -2.36. The molecular formula is C31H25N3O5S. The van der Waals surface area contributed by atoms with Gasteiger partial charge < -0.3 is 15.4 Å². The Morgan fingerprint density at radius 2 is 1.62 bits per heavy atom. The molecule has 9 heteroatoms. The van der Waals surface area contributed by atoms with Crippen LogP contribution in [-0.4, -0.2) is 41.0 Å². The van der Waals surface area contributed by atoms with Crippen LogP contribution in [0.2, 0.25) is 0 Å². The lowest BCUT2D eigenvalue weighted by molar-refractivity contribution is -0.127. The molecule has 1 aliphatic rings. The van der Waals surface area contributed by atoms with Crippen molar-refractivity contribution in [1.82, 2.24) is 4.90 Å². The van der Waals surface area contributed by atoms with Gasteiger partial charge in [-0.3, -0.25) is 24.1 Å². The molecule has 200 valence electrons. The predicted molar refractivity (Wildman–Crippen MR) is 157 cm³/mol. The summed E-state index contributed by atoms with van der Waals surface area (Å²) in [4.78, 5) is 51.5. The number of fused-ring (bicyclic) bond motifs is 1. The van der Waals surface area contributed by atoms with Crippen LogP contribution in [0.1, 0.15) is 11.1 Å². The molecule has 8 nitrogen and oxygen atoms in total. The van der Waals surface area contributed by atoms with E-state index in [9.17, 15) is 19.2 Å². The number of benzene rings is 4. The summed E-state index contributed by atoms with van der Waals surface area (Å²) in [5.74, 6) is -0.799. The van der Waals surface area contributed by atoms with E-state index in [4.69, 9.17) is 4.74 Å². The van der Waals surface area contributed by atoms with Crippen molar-refractivity contribution in [2.24, 2.45) is 0 Å². The highest BCUT2D eigenvalue weighted by Crippen LogP contribution is 2.32. The first-order chi connectivity index (χ1) is 19.4. The minimum Gasteiger partial charge on any atom is -0.484 e. The summed E-state index contributed by atoms with van der Waals surface area (Å²) >= 11 is 0.782. The van der Waals surface area contributed by atoms with E-state index in [2.05, 4.69) is 10.6 Å². The zero-order chi connectivity index (χ0) is 28.1. The number of hydrogen-bond acceptors (Lipinski definition) is 6. The van der Waals surface area contributed by atoms with Crippen molar-refractivity contribution in [2.75, 3.05) is 23.8 Å². The highest BCUT2D eigenvalue weighted by molar-refractivity contribution is 8.18. The Balaban J connectivity index is 1.16. The van der Waals surface area contributed by atoms with Crippen LogP contribution in [0.3, 0.4) is 0 Å². The van der Waals surface area contributed by atoms with Crippen LogP contribution >= 0.6 is 11.8 Å². The number of carbonyl (C=O) groups excluding carboxylic acids is 4. The van der Waals surface area contributed by atoms with E-state index in [0.29, 0.717) is 22.7 Å². The van der Waals surface area contributed by atoms with Gasteiger partial charge in [0.05, 0.1) is 4.91 Å². The first-order valence-electron chi connectivity index (χ1n) is 12.5. The van der Waals surface area contributed by atoms with Crippen LogP contribution in [0.15, 0.2) is 95.9 Å². The third-order valence-electron chi connectivity index (χ3n) is 6.09. The number of imide groups is 1. The van der Waals surface area contributed by atoms with E-state index in [-0.39, 0.29) is 24.0 Å². The molecule has 4 aromatic rings. The second-order valence-corrected chi connectivity index (χ2v) is 10.1. The number of aryl methyl sites for hydroxylation is 1. The minimum atomic E-state index is -0.531. The maximum Gasteiger partial charge on any atom is 0.294 e. The first-order valence-corrected chi connectivity index (χ1v) is 13.3. The van der Waals surface area contributed by atoms with Gasteiger partial charge in [-0.15, -0.1) is 0 Å². The highest BCUT2D eigenvalue weighted by atomic mass is 32.2. The third-order valence-corrected chi connectivity index (χ3v) is 7.00. The number of rotatable bonds is 8. The van der Waals surface area contributed by atoms with Crippen molar-refractivity contribution in [3.63, 3.8) is 0 Å². The second-order valence-electron chi connectivity index (χ2n) is 9.12. The molecule has 1 fully saturated rings. The Morgan fingerprint density at radius 1 is 0.875 bits per heavy atom. The molecule has 0 spiro atoms. The summed E-state index contributed by atoms with van der Waals surface area (Å²) in [6.07, 6.45) is 1.59. The van der Waals surface area contributed by atoms with E-state index in [1.807, 2.05) is 61.5 Å². The Morgan fingerprint density at radius 3 is 2.42 bits per heavy atom. The normalized spacial score (nSPS) is 14.0. The average molecular weight is 552 g/mol. The number of carbonyl (C=O) groups is 4. The van der Waals surface area contributed by atoms with Crippen molar-refractivity contribution >= 4 is 62.9 Å². The van der Waals surface area contributed by atoms with Crippen LogP contribution in [0.5, 0.6) is 5.75 Å². The Hall–Kier alpha value is -4.89. The van der Waals surface area contributed by atoms with Gasteiger partial charge in [0.15, 0.2) is 6.61 Å². The van der Waals surface area contributed by atoms with Crippen LogP contribution in [-0.2, 0) is 14.4 Å². The molecule has 5 rings (SSSR count). The van der Waals surface area contributed by atoms with Crippen LogP contribution < -0.4 is 15.4 Å². The number of amides is 4. The smallest absolute Gasteiger partial charge is 0.294 e. The van der Waals surface area contributed by atoms with Gasteiger partial charge in [0.1, 0.15) is 12.3 Å². The number of nitrogens with one attached hydrogen (secondary N) is 2. The first kappa shape index (κ1) is 26.7. The number of ether oxygens (including phenoxy) is 1. The van der Waals surface area contributed by atoms with E-state index < -0.39 is 17.1 Å². The van der Waals surface area contributed by atoms with Gasteiger partial charge in [-0.2, -0.15) is 0 Å². The molecule has 0 atom stereocenters. The molecule has 4 amide bonds. The monoisotopic (exact) mass is 551 g/mol. The summed E-state index contributed by atoms with van der Waals surface area (Å²) in [5, 5.41) is 6.91. The lowest BCUT2D eigenvalue weighted by atomic mass is 10.1. The maximum absolute atomic E-state index is 12.9. The van der Waals surface area contributed by atoms with Gasteiger partial charge >= 0.3 is 0 Å². The fraction of sp³-hybridized carbons (Fsp3) is 0.0968. The fourth-order valence-electron chi connectivity index (χ4n) is 4.18. The van der Waals surface area contributed by atoms with Gasteiger partial charge in [-0.1, -0.05) is 60.7 Å². The van der Waals surface area contributed by atoms with Crippen molar-refractivity contribution in [1.29, 1.82) is 0 Å². The van der Waals surface area contributed by atoms with Gasteiger partial charge in [0, 0.05) is 16.8 Å². The quantitative estimate of drug-likeness (QED) is 0.267. The number of anilines is 2. The molecule has 2 N–H and O–H groups in total. The fourth-order valence-corrected chi connectivity index (χ4v) is 5.02. The second kappa shape index (κ2) is 11.9. The summed E-state index contributed by atoms with van der Waals surface area (Å²) in [6.45, 7) is 1.40. The third kappa shape index (κ3) is 6.39. The lowest BCUT2D eigenvalue weighted by Gasteiger charge is -2.13. The molecule has 40 heavy (non-hydrogen) atoms. The van der Waals surface area contributed by atoms with Gasteiger partial charge in [0.2, 0.25) is 5.91 Å². The summed E-state index contributed by atoms with van der Waals surface area (Å²) < 4.78 is 5.56. The van der Waals surface area contributed by atoms with Crippen LogP contribution in [0.25, 0.3) is 16.8 Å². The Bertz CT molecular complexity index is 1640. The SMILES string of the molecule is Cc1cccc(NC(=O)COc2ccc(/C=C3/SC(=O)N(CC(=O)Nc4cccc5ccccc45)C3=O)cc2)c1. The summed E-state index contributed by atoms with van der Waals surface area (Å²) in [6, 6.07) is 27.4. The molecule has 0 aliphatic carbocycles. The molecule has 0 radical (unpaired) electrons. The van der Waals surface area contributed by atoms with E-state index in [1.54, 1.807) is 42.5 Å². The predicted octanol–water partition coefficient (Wildman–Crippen LogP) is 5.84. The molecular weight excluding hydrogens is 526 g/mol. The molecule has 4 aromatic carbocycles. The summed E-state index contributed by atoms with van der Waals surface area (Å²) in [7, 11) is 0. The van der Waals surface area contributed by atoms with E-state index in [1.165, 1.54) is 0 Å². The van der Waals surface area contributed by atoms with Crippen molar-refractivity contribution in [2.45, 2.75) is 6.92 Å². The average Bonchev–Trinajstić information content (AvgIpc) is 3.20. The van der Waals surface area contributed by atoms with Crippen molar-refractivity contribution in [3.05, 3.63) is 107 Å². The number of hydrogen-bond donors (Lipinski definition) is 2. The Labute approximate surface area is 235 Å². The minimum absolute atomic E-state index is 0.160. The standard InChI is InChI=1S/C31H25N3O5S/c1-20-6-4-9-23(16-20)32-29(36)19-39-24-14-12-21(13-15-24)17-27-30(37)34(31(38)40-27)18-28(35)33-26-11-5-8-22-7-2-3-10-25(22)26/h2-17H,18-19H2,1H3,(H,32,36)(H,33,35)/b27-17+. The molecule has 0 saturated carbocycles. The van der Waals surface area contributed by atoms with Gasteiger partial charge in [0.25, 0.3) is 17.1 Å². The summed E-state index contributed by atoms with van der Waals surface area (Å²) in [5.41, 5.74) is 3.02.